The van der Waals surface area contributed by atoms with E-state index < -0.39 is 0 Å². The molecule has 1 aromatic carbocycles. The summed E-state index contributed by atoms with van der Waals surface area (Å²) in [5.41, 5.74) is 0. The highest BCUT2D eigenvalue weighted by atomic mass is 35.5. The fraction of sp³-hybridized carbons (Fsp3) is 0.708. The first-order valence-corrected chi connectivity index (χ1v) is 11.7. The highest BCUT2D eigenvalue weighted by Crippen LogP contribution is 2.32. The maximum Gasteiger partial charge on any atom is 0.414 e. The molecule has 29 heavy (non-hydrogen) atoms. The lowest BCUT2D eigenvalue weighted by Gasteiger charge is -2.30. The van der Waals surface area contributed by atoms with Gasteiger partial charge in [-0.3, -0.25) is 0 Å². The van der Waals surface area contributed by atoms with Crippen LogP contribution in [0.25, 0.3) is 0 Å². The molecule has 0 saturated heterocycles. The molecule has 4 nitrogen and oxygen atoms in total. The zero-order valence-corrected chi connectivity index (χ0v) is 19.3. The second-order valence-corrected chi connectivity index (χ2v) is 9.15. The number of unbranched alkanes of at least 4 members (excludes halogenated alkanes) is 2. The number of amides is 1. The van der Waals surface area contributed by atoms with Gasteiger partial charge in [-0.05, 0) is 75.5 Å². The largest absolute Gasteiger partial charge is 0.414 e. The number of halogens is 1. The molecule has 1 aliphatic rings. The summed E-state index contributed by atoms with van der Waals surface area (Å²) in [6.07, 6.45) is 11.3. The van der Waals surface area contributed by atoms with Gasteiger partial charge >= 0.3 is 6.09 Å². The van der Waals surface area contributed by atoms with Crippen LogP contribution in [-0.4, -0.2) is 49.6 Å². The SMILES string of the molecule is CCCCCN(C)CCC1CCC(CCN(C)C(=O)Oc2ccc(Cl)cc2)CC1. The van der Waals surface area contributed by atoms with E-state index in [0.717, 1.165) is 24.8 Å². The zero-order valence-electron chi connectivity index (χ0n) is 18.5. The van der Waals surface area contributed by atoms with Crippen molar-refractivity contribution >= 4 is 17.7 Å². The number of benzene rings is 1. The average molecular weight is 423 g/mol. The molecule has 1 aromatic rings. The van der Waals surface area contributed by atoms with Gasteiger partial charge in [0.2, 0.25) is 0 Å². The molecule has 1 aliphatic carbocycles. The summed E-state index contributed by atoms with van der Waals surface area (Å²) < 4.78 is 5.40. The van der Waals surface area contributed by atoms with E-state index in [4.69, 9.17) is 16.3 Å². The van der Waals surface area contributed by atoms with Gasteiger partial charge in [0, 0.05) is 18.6 Å². The summed E-state index contributed by atoms with van der Waals surface area (Å²) in [6.45, 7) is 5.49. The van der Waals surface area contributed by atoms with Crippen molar-refractivity contribution in [3.8, 4) is 5.75 Å². The first-order valence-electron chi connectivity index (χ1n) is 11.3. The average Bonchev–Trinajstić information content (AvgIpc) is 2.73. The monoisotopic (exact) mass is 422 g/mol. The zero-order chi connectivity index (χ0) is 21.1. The molecular formula is C24H39ClN2O2. The lowest BCUT2D eigenvalue weighted by atomic mass is 9.79. The van der Waals surface area contributed by atoms with Crippen LogP contribution in [0.15, 0.2) is 24.3 Å². The lowest BCUT2D eigenvalue weighted by molar-refractivity contribution is 0.155. The maximum atomic E-state index is 12.2. The lowest BCUT2D eigenvalue weighted by Crippen LogP contribution is -2.32. The molecule has 164 valence electrons. The van der Waals surface area contributed by atoms with Crippen LogP contribution in [-0.2, 0) is 0 Å². The third-order valence-corrected chi connectivity index (χ3v) is 6.48. The van der Waals surface area contributed by atoms with E-state index in [9.17, 15) is 4.79 Å². The van der Waals surface area contributed by atoms with Crippen LogP contribution in [0.1, 0.15) is 64.7 Å². The van der Waals surface area contributed by atoms with Crippen LogP contribution in [0, 0.1) is 11.8 Å². The predicted molar refractivity (Wildman–Crippen MR) is 122 cm³/mol. The fourth-order valence-corrected chi connectivity index (χ4v) is 4.23. The van der Waals surface area contributed by atoms with Crippen molar-refractivity contribution in [3.63, 3.8) is 0 Å². The molecule has 0 heterocycles. The normalized spacial score (nSPS) is 19.3. The van der Waals surface area contributed by atoms with Gasteiger partial charge in [-0.2, -0.15) is 0 Å². The van der Waals surface area contributed by atoms with Crippen LogP contribution in [0.4, 0.5) is 4.79 Å². The summed E-state index contributed by atoms with van der Waals surface area (Å²) in [5.74, 6) is 2.15. The Hall–Kier alpha value is -1.26. The second kappa shape index (κ2) is 13.1. The number of rotatable bonds is 11. The Balaban J connectivity index is 1.59. The van der Waals surface area contributed by atoms with Gasteiger partial charge in [0.1, 0.15) is 5.75 Å². The van der Waals surface area contributed by atoms with E-state index in [2.05, 4.69) is 18.9 Å². The maximum absolute atomic E-state index is 12.2. The minimum atomic E-state index is -0.299. The van der Waals surface area contributed by atoms with E-state index in [1.54, 1.807) is 29.2 Å². The van der Waals surface area contributed by atoms with Crippen molar-refractivity contribution in [1.82, 2.24) is 9.80 Å². The van der Waals surface area contributed by atoms with Crippen LogP contribution >= 0.6 is 11.6 Å². The third-order valence-electron chi connectivity index (χ3n) is 6.23. The van der Waals surface area contributed by atoms with E-state index in [-0.39, 0.29) is 6.09 Å². The molecule has 1 saturated carbocycles. The number of hydrogen-bond acceptors (Lipinski definition) is 3. The summed E-state index contributed by atoms with van der Waals surface area (Å²) in [7, 11) is 4.08. The fourth-order valence-electron chi connectivity index (χ4n) is 4.10. The van der Waals surface area contributed by atoms with Crippen molar-refractivity contribution < 1.29 is 9.53 Å². The van der Waals surface area contributed by atoms with Gasteiger partial charge in [0.15, 0.2) is 0 Å². The van der Waals surface area contributed by atoms with Gasteiger partial charge in [-0.1, -0.05) is 57.0 Å². The number of nitrogens with zero attached hydrogens (tertiary/aromatic N) is 2. The number of carbonyl (C=O) groups is 1. The standard InChI is InChI=1S/C24H39ClN2O2/c1-4-5-6-17-26(2)18-15-20-7-9-21(10-8-20)16-19-27(3)24(28)29-23-13-11-22(25)12-14-23/h11-14,20-21H,4-10,15-19H2,1-3H3. The van der Waals surface area contributed by atoms with Crippen LogP contribution < -0.4 is 4.74 Å². The molecule has 0 N–H and O–H groups in total. The Morgan fingerprint density at radius 1 is 0.966 bits per heavy atom. The Morgan fingerprint density at radius 2 is 1.55 bits per heavy atom. The van der Waals surface area contributed by atoms with E-state index in [1.807, 2.05) is 7.05 Å². The van der Waals surface area contributed by atoms with E-state index >= 15 is 0 Å². The van der Waals surface area contributed by atoms with Crippen LogP contribution in [0.2, 0.25) is 5.02 Å². The number of hydrogen-bond donors (Lipinski definition) is 0. The van der Waals surface area contributed by atoms with Crippen LogP contribution in [0.5, 0.6) is 5.75 Å². The molecule has 5 heteroatoms. The summed E-state index contributed by atoms with van der Waals surface area (Å²) in [4.78, 5) is 16.4. The third kappa shape index (κ3) is 9.39. The van der Waals surface area contributed by atoms with Crippen molar-refractivity contribution in [2.75, 3.05) is 33.7 Å². The first-order chi connectivity index (χ1) is 14.0. The first kappa shape index (κ1) is 24.0. The van der Waals surface area contributed by atoms with Gasteiger partial charge < -0.3 is 14.5 Å². The van der Waals surface area contributed by atoms with E-state index in [1.165, 1.54) is 64.5 Å². The van der Waals surface area contributed by atoms with Crippen molar-refractivity contribution in [2.24, 2.45) is 11.8 Å². The predicted octanol–water partition coefficient (Wildman–Crippen LogP) is 6.48. The molecule has 1 fully saturated rings. The molecule has 0 aromatic heterocycles. The second-order valence-electron chi connectivity index (χ2n) is 8.72. The molecule has 0 unspecified atom stereocenters. The molecule has 1 amide bonds. The highest BCUT2D eigenvalue weighted by molar-refractivity contribution is 6.30. The van der Waals surface area contributed by atoms with Crippen molar-refractivity contribution in [3.05, 3.63) is 29.3 Å². The van der Waals surface area contributed by atoms with Gasteiger partial charge in [0.05, 0.1) is 0 Å². The molecule has 0 radical (unpaired) electrons. The number of carbonyl (C=O) groups excluding carboxylic acids is 1. The van der Waals surface area contributed by atoms with E-state index in [0.29, 0.717) is 10.8 Å². The summed E-state index contributed by atoms with van der Waals surface area (Å²) in [6, 6.07) is 6.89. The molecule has 0 spiro atoms. The topological polar surface area (TPSA) is 32.8 Å². The molecule has 0 aliphatic heterocycles. The highest BCUT2D eigenvalue weighted by Gasteiger charge is 2.22. The minimum absolute atomic E-state index is 0.299. The van der Waals surface area contributed by atoms with Crippen molar-refractivity contribution in [1.29, 1.82) is 0 Å². The number of ether oxygens (including phenoxy) is 1. The minimum Gasteiger partial charge on any atom is -0.410 e. The summed E-state index contributed by atoms with van der Waals surface area (Å²) >= 11 is 5.86. The van der Waals surface area contributed by atoms with Crippen LogP contribution in [0.3, 0.4) is 0 Å². The van der Waals surface area contributed by atoms with Gasteiger partial charge in [-0.25, -0.2) is 4.79 Å². The molecule has 2 rings (SSSR count). The molecule has 0 atom stereocenters. The van der Waals surface area contributed by atoms with Gasteiger partial charge in [-0.15, -0.1) is 0 Å². The molecule has 0 bridgehead atoms. The quantitative estimate of drug-likeness (QED) is 0.382. The Morgan fingerprint density at radius 3 is 2.14 bits per heavy atom. The smallest absolute Gasteiger partial charge is 0.410 e. The van der Waals surface area contributed by atoms with Gasteiger partial charge in [0.25, 0.3) is 0 Å². The Bertz CT molecular complexity index is 585. The Labute approximate surface area is 182 Å². The summed E-state index contributed by atoms with van der Waals surface area (Å²) in [5, 5.41) is 0.636. The Kier molecular flexibility index (Phi) is 10.9. The molecular weight excluding hydrogens is 384 g/mol. The van der Waals surface area contributed by atoms with Crippen molar-refractivity contribution in [2.45, 2.75) is 64.7 Å².